The summed E-state index contributed by atoms with van der Waals surface area (Å²) in [5, 5.41) is 6.26. The largest absolute Gasteiger partial charge is 0.440 e. The van der Waals surface area contributed by atoms with Crippen LogP contribution in [0.3, 0.4) is 0 Å². The monoisotopic (exact) mass is 321 g/mol. The minimum Gasteiger partial charge on any atom is -0.440 e. The molecule has 1 aromatic heterocycles. The Morgan fingerprint density at radius 2 is 1.70 bits per heavy atom. The molecule has 0 saturated carbocycles. The van der Waals surface area contributed by atoms with Gasteiger partial charge < -0.3 is 9.73 Å². The molecule has 0 bridgehead atoms. The number of anilines is 2. The molecular weight excluding hydrogens is 310 g/mol. The van der Waals surface area contributed by atoms with Gasteiger partial charge in [0.05, 0.1) is 5.39 Å². The van der Waals surface area contributed by atoms with E-state index in [1.165, 1.54) is 6.07 Å². The van der Waals surface area contributed by atoms with E-state index in [-0.39, 0.29) is 5.43 Å². The third kappa shape index (κ3) is 2.56. The fraction of sp³-hybridized carbons (Fsp3) is 0. The SMILES string of the molecule is O=c1cc(Nc2ccc(Cl)cc2)oc2ccc3ccccc3c12. The summed E-state index contributed by atoms with van der Waals surface area (Å²) in [6, 6.07) is 20.2. The van der Waals surface area contributed by atoms with Crippen molar-refractivity contribution >= 4 is 44.9 Å². The summed E-state index contributed by atoms with van der Waals surface area (Å²) < 4.78 is 5.84. The van der Waals surface area contributed by atoms with Crippen LogP contribution in [0.1, 0.15) is 0 Å². The highest BCUT2D eigenvalue weighted by Gasteiger charge is 2.08. The van der Waals surface area contributed by atoms with E-state index in [2.05, 4.69) is 5.32 Å². The number of fused-ring (bicyclic) bond motifs is 3. The van der Waals surface area contributed by atoms with Gasteiger partial charge in [-0.2, -0.15) is 0 Å². The number of hydrogen-bond donors (Lipinski definition) is 1. The second kappa shape index (κ2) is 5.45. The Labute approximate surface area is 137 Å². The molecule has 0 spiro atoms. The maximum absolute atomic E-state index is 12.5. The van der Waals surface area contributed by atoms with Crippen LogP contribution in [-0.2, 0) is 0 Å². The van der Waals surface area contributed by atoms with Crippen LogP contribution in [0, 0.1) is 0 Å². The lowest BCUT2D eigenvalue weighted by Gasteiger charge is -2.08. The summed E-state index contributed by atoms with van der Waals surface area (Å²) in [5.74, 6) is 0.403. The molecular formula is C19H12ClNO2. The zero-order valence-corrected chi connectivity index (χ0v) is 12.8. The van der Waals surface area contributed by atoms with Crippen molar-refractivity contribution in [3.05, 3.63) is 82.0 Å². The minimum atomic E-state index is -0.0699. The first kappa shape index (κ1) is 13.9. The van der Waals surface area contributed by atoms with Crippen molar-refractivity contribution in [2.75, 3.05) is 5.32 Å². The van der Waals surface area contributed by atoms with Crippen molar-refractivity contribution in [2.45, 2.75) is 0 Å². The summed E-state index contributed by atoms with van der Waals surface area (Å²) in [5.41, 5.74) is 1.30. The molecule has 0 aliphatic carbocycles. The van der Waals surface area contributed by atoms with Crippen LogP contribution in [0.4, 0.5) is 11.6 Å². The van der Waals surface area contributed by atoms with Gasteiger partial charge in [0.25, 0.3) is 0 Å². The number of halogens is 1. The van der Waals surface area contributed by atoms with Gasteiger partial charge in [0.15, 0.2) is 5.43 Å². The molecule has 1 N–H and O–H groups in total. The molecule has 3 aromatic carbocycles. The van der Waals surface area contributed by atoms with Gasteiger partial charge in [0.1, 0.15) is 5.58 Å². The second-order valence-corrected chi connectivity index (χ2v) is 5.70. The first-order valence-electron chi connectivity index (χ1n) is 7.19. The molecule has 0 aliphatic heterocycles. The van der Waals surface area contributed by atoms with Crippen molar-refractivity contribution in [1.82, 2.24) is 0 Å². The summed E-state index contributed by atoms with van der Waals surface area (Å²) in [6.07, 6.45) is 0. The smallest absolute Gasteiger partial charge is 0.201 e. The number of nitrogens with one attached hydrogen (secondary N) is 1. The van der Waals surface area contributed by atoms with Gasteiger partial charge in [0, 0.05) is 16.8 Å². The van der Waals surface area contributed by atoms with Crippen LogP contribution in [0.15, 0.2) is 75.9 Å². The molecule has 4 rings (SSSR count). The average molecular weight is 322 g/mol. The summed E-state index contributed by atoms with van der Waals surface area (Å²) in [4.78, 5) is 12.5. The Kier molecular flexibility index (Phi) is 3.28. The second-order valence-electron chi connectivity index (χ2n) is 5.27. The third-order valence-electron chi connectivity index (χ3n) is 3.73. The van der Waals surface area contributed by atoms with Crippen LogP contribution < -0.4 is 10.7 Å². The van der Waals surface area contributed by atoms with Crippen molar-refractivity contribution in [1.29, 1.82) is 0 Å². The highest BCUT2D eigenvalue weighted by molar-refractivity contribution is 6.30. The van der Waals surface area contributed by atoms with E-state index < -0.39 is 0 Å². The van der Waals surface area contributed by atoms with Gasteiger partial charge in [-0.25, -0.2) is 0 Å². The van der Waals surface area contributed by atoms with Crippen LogP contribution in [0.2, 0.25) is 5.02 Å². The Morgan fingerprint density at radius 1 is 0.913 bits per heavy atom. The molecule has 0 radical (unpaired) electrons. The first-order valence-corrected chi connectivity index (χ1v) is 7.57. The molecule has 0 unspecified atom stereocenters. The van der Waals surface area contributed by atoms with Crippen LogP contribution in [-0.4, -0.2) is 0 Å². The van der Waals surface area contributed by atoms with E-state index in [0.29, 0.717) is 21.9 Å². The molecule has 0 atom stereocenters. The third-order valence-corrected chi connectivity index (χ3v) is 3.98. The van der Waals surface area contributed by atoms with E-state index in [0.717, 1.165) is 16.5 Å². The predicted molar refractivity (Wildman–Crippen MR) is 94.7 cm³/mol. The zero-order chi connectivity index (χ0) is 15.8. The van der Waals surface area contributed by atoms with E-state index in [1.54, 1.807) is 12.1 Å². The maximum Gasteiger partial charge on any atom is 0.201 e. The fourth-order valence-electron chi connectivity index (χ4n) is 2.67. The number of rotatable bonds is 2. The summed E-state index contributed by atoms with van der Waals surface area (Å²) >= 11 is 5.87. The van der Waals surface area contributed by atoms with Crippen molar-refractivity contribution in [2.24, 2.45) is 0 Å². The Bertz CT molecular complexity index is 1070. The Morgan fingerprint density at radius 3 is 2.52 bits per heavy atom. The van der Waals surface area contributed by atoms with Gasteiger partial charge >= 0.3 is 0 Å². The first-order chi connectivity index (χ1) is 11.2. The molecule has 1 heterocycles. The molecule has 0 amide bonds. The average Bonchev–Trinajstić information content (AvgIpc) is 2.56. The summed E-state index contributed by atoms with van der Waals surface area (Å²) in [7, 11) is 0. The summed E-state index contributed by atoms with van der Waals surface area (Å²) in [6.45, 7) is 0. The van der Waals surface area contributed by atoms with Gasteiger partial charge in [-0.15, -0.1) is 0 Å². The standard InChI is InChI=1S/C19H12ClNO2/c20-13-6-8-14(9-7-13)21-18-11-16(22)19-15-4-2-1-3-12(15)5-10-17(19)23-18/h1-11,21H. The molecule has 112 valence electrons. The molecule has 0 saturated heterocycles. The quantitative estimate of drug-likeness (QED) is 0.506. The van der Waals surface area contributed by atoms with Crippen molar-refractivity contribution < 1.29 is 4.42 Å². The van der Waals surface area contributed by atoms with Crippen LogP contribution in [0.25, 0.3) is 21.7 Å². The van der Waals surface area contributed by atoms with Crippen LogP contribution >= 0.6 is 11.6 Å². The number of hydrogen-bond acceptors (Lipinski definition) is 3. The van der Waals surface area contributed by atoms with Crippen LogP contribution in [0.5, 0.6) is 0 Å². The van der Waals surface area contributed by atoms with E-state index in [9.17, 15) is 4.79 Å². The lowest BCUT2D eigenvalue weighted by atomic mass is 10.1. The molecule has 0 fully saturated rings. The Hall–Kier alpha value is -2.78. The zero-order valence-electron chi connectivity index (χ0n) is 12.0. The number of benzene rings is 3. The molecule has 0 aliphatic rings. The molecule has 3 nitrogen and oxygen atoms in total. The minimum absolute atomic E-state index is 0.0699. The normalized spacial score (nSPS) is 11.0. The lowest BCUT2D eigenvalue weighted by molar-refractivity contribution is 0.622. The molecule has 23 heavy (non-hydrogen) atoms. The van der Waals surface area contributed by atoms with E-state index in [1.807, 2.05) is 48.5 Å². The van der Waals surface area contributed by atoms with Gasteiger partial charge in [-0.1, -0.05) is 41.9 Å². The van der Waals surface area contributed by atoms with Gasteiger partial charge in [-0.05, 0) is 41.1 Å². The van der Waals surface area contributed by atoms with Gasteiger partial charge in [-0.3, -0.25) is 4.79 Å². The maximum atomic E-state index is 12.5. The van der Waals surface area contributed by atoms with Crippen molar-refractivity contribution in [3.63, 3.8) is 0 Å². The topological polar surface area (TPSA) is 42.2 Å². The molecule has 4 heteroatoms. The highest BCUT2D eigenvalue weighted by atomic mass is 35.5. The molecule has 4 aromatic rings. The van der Waals surface area contributed by atoms with E-state index in [4.69, 9.17) is 16.0 Å². The Balaban J connectivity index is 1.85. The van der Waals surface area contributed by atoms with E-state index >= 15 is 0 Å². The highest BCUT2D eigenvalue weighted by Crippen LogP contribution is 2.26. The predicted octanol–water partition coefficient (Wildman–Crippen LogP) is 5.34. The lowest BCUT2D eigenvalue weighted by Crippen LogP contribution is -2.03. The van der Waals surface area contributed by atoms with Gasteiger partial charge in [0.2, 0.25) is 5.88 Å². The fourth-order valence-corrected chi connectivity index (χ4v) is 2.79. The van der Waals surface area contributed by atoms with Crippen molar-refractivity contribution in [3.8, 4) is 0 Å².